The Bertz CT molecular complexity index is 334. The summed E-state index contributed by atoms with van der Waals surface area (Å²) in [6.45, 7) is 3.62. The highest BCUT2D eigenvalue weighted by atomic mass is 127. The van der Waals surface area contributed by atoms with Crippen molar-refractivity contribution in [2.45, 2.75) is 37.9 Å². The zero-order chi connectivity index (χ0) is 16.4. The van der Waals surface area contributed by atoms with Gasteiger partial charge in [0, 0.05) is 53.0 Å². The van der Waals surface area contributed by atoms with Crippen LogP contribution in [0.15, 0.2) is 4.99 Å². The average molecular weight is 452 g/mol. The van der Waals surface area contributed by atoms with Crippen LogP contribution in [0.4, 0.5) is 13.2 Å². The smallest absolute Gasteiger partial charge is 0.385 e. The molecule has 9 heteroatoms. The Morgan fingerprint density at radius 2 is 1.96 bits per heavy atom. The first kappa shape index (κ1) is 22.7. The van der Waals surface area contributed by atoms with Gasteiger partial charge in [-0.25, -0.2) is 0 Å². The Morgan fingerprint density at radius 1 is 1.30 bits per heavy atom. The standard InChI is InChI=1S/C14H27F3N4O.HI/c1-18-13(19-7-6-14(15,16)17)20-12-4-9-21(10-5-12)8-3-11-22-2;/h12H,3-11H2,1-2H3,(H2,18,19,20);1H. The lowest BCUT2D eigenvalue weighted by molar-refractivity contribution is -0.132. The Morgan fingerprint density at radius 3 is 2.48 bits per heavy atom. The summed E-state index contributed by atoms with van der Waals surface area (Å²) >= 11 is 0. The molecule has 0 radical (unpaired) electrons. The predicted molar refractivity (Wildman–Crippen MR) is 96.5 cm³/mol. The van der Waals surface area contributed by atoms with E-state index in [1.165, 1.54) is 0 Å². The second-order valence-electron chi connectivity index (χ2n) is 5.47. The van der Waals surface area contributed by atoms with Gasteiger partial charge in [-0.3, -0.25) is 4.99 Å². The van der Waals surface area contributed by atoms with Crippen molar-refractivity contribution in [1.29, 1.82) is 0 Å². The summed E-state index contributed by atoms with van der Waals surface area (Å²) in [5.74, 6) is 0.446. The van der Waals surface area contributed by atoms with Crippen molar-refractivity contribution < 1.29 is 17.9 Å². The maximum atomic E-state index is 12.1. The van der Waals surface area contributed by atoms with Crippen LogP contribution >= 0.6 is 24.0 Å². The maximum absolute atomic E-state index is 12.1. The second kappa shape index (κ2) is 12.1. The van der Waals surface area contributed by atoms with Gasteiger partial charge in [-0.2, -0.15) is 13.2 Å². The van der Waals surface area contributed by atoms with Crippen molar-refractivity contribution in [2.75, 3.05) is 46.9 Å². The number of piperidine rings is 1. The molecule has 23 heavy (non-hydrogen) atoms. The molecule has 0 aromatic heterocycles. The molecule has 5 nitrogen and oxygen atoms in total. The number of nitrogens with one attached hydrogen (secondary N) is 2. The van der Waals surface area contributed by atoms with E-state index in [2.05, 4.69) is 20.5 Å². The summed E-state index contributed by atoms with van der Waals surface area (Å²) in [5, 5.41) is 5.91. The lowest BCUT2D eigenvalue weighted by Gasteiger charge is -2.33. The molecule has 0 bridgehead atoms. The first-order valence-corrected chi connectivity index (χ1v) is 7.70. The quantitative estimate of drug-likeness (QED) is 0.269. The molecule has 0 aromatic carbocycles. The third kappa shape index (κ3) is 11.0. The number of hydrogen-bond donors (Lipinski definition) is 2. The average Bonchev–Trinajstić information content (AvgIpc) is 2.47. The number of alkyl halides is 3. The number of likely N-dealkylation sites (tertiary alicyclic amines) is 1. The molecule has 1 saturated heterocycles. The monoisotopic (exact) mass is 452 g/mol. The molecular formula is C14H28F3IN4O. The third-order valence-electron chi connectivity index (χ3n) is 3.68. The molecule has 0 saturated carbocycles. The van der Waals surface area contributed by atoms with Crippen LogP contribution in [0.25, 0.3) is 0 Å². The Balaban J connectivity index is 0.00000484. The van der Waals surface area contributed by atoms with Gasteiger partial charge >= 0.3 is 6.18 Å². The highest BCUT2D eigenvalue weighted by Gasteiger charge is 2.26. The highest BCUT2D eigenvalue weighted by molar-refractivity contribution is 14.0. The molecule has 2 N–H and O–H groups in total. The van der Waals surface area contributed by atoms with Crippen LogP contribution in [-0.2, 0) is 4.74 Å². The second-order valence-corrected chi connectivity index (χ2v) is 5.47. The molecule has 0 aliphatic carbocycles. The van der Waals surface area contributed by atoms with E-state index in [4.69, 9.17) is 4.74 Å². The molecule has 138 valence electrons. The summed E-state index contributed by atoms with van der Waals surface area (Å²) in [6, 6.07) is 0.260. The van der Waals surface area contributed by atoms with Crippen LogP contribution in [0.5, 0.6) is 0 Å². The fraction of sp³-hybridized carbons (Fsp3) is 0.929. The minimum absolute atomic E-state index is 0. The predicted octanol–water partition coefficient (Wildman–Crippen LogP) is 2.22. The molecule has 1 aliphatic rings. The molecule has 1 fully saturated rings. The molecule has 1 heterocycles. The van der Waals surface area contributed by atoms with Crippen molar-refractivity contribution in [1.82, 2.24) is 15.5 Å². The number of aliphatic imine (C=N–C) groups is 1. The van der Waals surface area contributed by atoms with Crippen LogP contribution in [0.3, 0.4) is 0 Å². The van der Waals surface area contributed by atoms with E-state index in [0.29, 0.717) is 5.96 Å². The van der Waals surface area contributed by atoms with Gasteiger partial charge in [0.25, 0.3) is 0 Å². The zero-order valence-corrected chi connectivity index (χ0v) is 16.1. The normalized spacial score (nSPS) is 17.7. The van der Waals surface area contributed by atoms with Gasteiger partial charge in [0.05, 0.1) is 6.42 Å². The van der Waals surface area contributed by atoms with E-state index in [1.807, 2.05) is 0 Å². The molecule has 0 unspecified atom stereocenters. The number of ether oxygens (including phenoxy) is 1. The van der Waals surface area contributed by atoms with E-state index >= 15 is 0 Å². The van der Waals surface area contributed by atoms with Crippen LogP contribution in [-0.4, -0.2) is 70.0 Å². The Kier molecular flexibility index (Phi) is 12.0. The van der Waals surface area contributed by atoms with Gasteiger partial charge in [-0.1, -0.05) is 0 Å². The number of methoxy groups -OCH3 is 1. The van der Waals surface area contributed by atoms with Crippen LogP contribution < -0.4 is 10.6 Å². The van der Waals surface area contributed by atoms with Gasteiger partial charge < -0.3 is 20.3 Å². The fourth-order valence-electron chi connectivity index (χ4n) is 2.44. The summed E-state index contributed by atoms with van der Waals surface area (Å²) < 4.78 is 41.4. The van der Waals surface area contributed by atoms with Crippen molar-refractivity contribution >= 4 is 29.9 Å². The number of halogens is 4. The van der Waals surface area contributed by atoms with Crippen molar-refractivity contribution in [3.8, 4) is 0 Å². The van der Waals surface area contributed by atoms with E-state index in [1.54, 1.807) is 14.2 Å². The summed E-state index contributed by atoms with van der Waals surface area (Å²) in [5.41, 5.74) is 0. The largest absolute Gasteiger partial charge is 0.390 e. The topological polar surface area (TPSA) is 48.9 Å². The summed E-state index contributed by atoms with van der Waals surface area (Å²) in [7, 11) is 3.27. The van der Waals surface area contributed by atoms with E-state index < -0.39 is 12.6 Å². The van der Waals surface area contributed by atoms with E-state index in [0.717, 1.165) is 45.5 Å². The van der Waals surface area contributed by atoms with Crippen LogP contribution in [0.2, 0.25) is 0 Å². The number of guanidine groups is 1. The number of rotatable bonds is 7. The van der Waals surface area contributed by atoms with Gasteiger partial charge in [0.1, 0.15) is 0 Å². The van der Waals surface area contributed by atoms with Gasteiger partial charge in [0.2, 0.25) is 0 Å². The zero-order valence-electron chi connectivity index (χ0n) is 13.8. The summed E-state index contributed by atoms with van der Waals surface area (Å²) in [6.07, 6.45) is -2.04. The minimum atomic E-state index is -4.14. The lowest BCUT2D eigenvalue weighted by Crippen LogP contribution is -2.49. The summed E-state index contributed by atoms with van der Waals surface area (Å²) in [4.78, 5) is 6.36. The van der Waals surface area contributed by atoms with E-state index in [9.17, 15) is 13.2 Å². The van der Waals surface area contributed by atoms with Crippen molar-refractivity contribution in [3.05, 3.63) is 0 Å². The fourth-order valence-corrected chi connectivity index (χ4v) is 2.44. The van der Waals surface area contributed by atoms with Crippen molar-refractivity contribution in [3.63, 3.8) is 0 Å². The van der Waals surface area contributed by atoms with Crippen LogP contribution in [0.1, 0.15) is 25.7 Å². The molecule has 1 aliphatic heterocycles. The molecule has 0 amide bonds. The lowest BCUT2D eigenvalue weighted by atomic mass is 10.1. The SMILES string of the molecule is CN=C(NCCC(F)(F)F)NC1CCN(CCCOC)CC1.I. The minimum Gasteiger partial charge on any atom is -0.385 e. The van der Waals surface area contributed by atoms with Crippen LogP contribution in [0, 0.1) is 0 Å². The molecular weight excluding hydrogens is 424 g/mol. The number of hydrogen-bond acceptors (Lipinski definition) is 3. The van der Waals surface area contributed by atoms with Gasteiger partial charge in [-0.15, -0.1) is 24.0 Å². The molecule has 0 spiro atoms. The highest BCUT2D eigenvalue weighted by Crippen LogP contribution is 2.18. The van der Waals surface area contributed by atoms with Crippen molar-refractivity contribution in [2.24, 2.45) is 4.99 Å². The Labute approximate surface area is 153 Å². The molecule has 1 rings (SSSR count). The maximum Gasteiger partial charge on any atom is 0.390 e. The van der Waals surface area contributed by atoms with Gasteiger partial charge in [0.15, 0.2) is 5.96 Å². The first-order valence-electron chi connectivity index (χ1n) is 7.70. The molecule has 0 aromatic rings. The molecule has 0 atom stereocenters. The Hall–Kier alpha value is -0.290. The third-order valence-corrected chi connectivity index (χ3v) is 3.68. The van der Waals surface area contributed by atoms with E-state index in [-0.39, 0.29) is 36.6 Å². The van der Waals surface area contributed by atoms with Gasteiger partial charge in [-0.05, 0) is 19.3 Å². The first-order chi connectivity index (χ1) is 10.4. The number of nitrogens with zero attached hydrogens (tertiary/aromatic N) is 2.